The molecule has 0 fully saturated rings. The van der Waals surface area contributed by atoms with Crippen LogP contribution in [0.25, 0.3) is 0 Å². The van der Waals surface area contributed by atoms with Gasteiger partial charge in [-0.2, -0.15) is 0 Å². The molecular formula is C7H10N2O2. The molecule has 0 aromatic carbocycles. The highest BCUT2D eigenvalue weighted by Crippen LogP contribution is 1.99. The van der Waals surface area contributed by atoms with Crippen molar-refractivity contribution in [3.8, 4) is 0 Å². The van der Waals surface area contributed by atoms with Crippen molar-refractivity contribution in [1.29, 1.82) is 0 Å². The number of rotatable bonds is 2. The highest BCUT2D eigenvalue weighted by molar-refractivity contribution is 5.13. The number of hydrogen-bond donors (Lipinski definition) is 2. The van der Waals surface area contributed by atoms with E-state index in [9.17, 15) is 4.79 Å². The standard InChI is InChI=1S/C7H10N2O2/c1-5-6(2-3-10)4-8-7(11)9-5/h4,10H,2-3H2,1H3,(H,8,9,11). The number of nitrogens with zero attached hydrogens (tertiary/aromatic N) is 1. The van der Waals surface area contributed by atoms with Crippen LogP contribution >= 0.6 is 0 Å². The Morgan fingerprint density at radius 3 is 3.00 bits per heavy atom. The van der Waals surface area contributed by atoms with Gasteiger partial charge in [0, 0.05) is 18.5 Å². The van der Waals surface area contributed by atoms with E-state index in [1.54, 1.807) is 6.92 Å². The third-order valence-electron chi connectivity index (χ3n) is 1.49. The van der Waals surface area contributed by atoms with E-state index in [-0.39, 0.29) is 12.3 Å². The van der Waals surface area contributed by atoms with Gasteiger partial charge in [-0.1, -0.05) is 0 Å². The number of aromatic amines is 1. The molecule has 0 saturated carbocycles. The maximum Gasteiger partial charge on any atom is 0.345 e. The average Bonchev–Trinajstić information content (AvgIpc) is 1.95. The van der Waals surface area contributed by atoms with Crippen LogP contribution in [0.5, 0.6) is 0 Å². The van der Waals surface area contributed by atoms with Crippen LogP contribution in [0.1, 0.15) is 11.3 Å². The Balaban J connectivity index is 2.99. The van der Waals surface area contributed by atoms with Gasteiger partial charge < -0.3 is 10.1 Å². The summed E-state index contributed by atoms with van der Waals surface area (Å²) in [6.45, 7) is 1.86. The number of nitrogens with one attached hydrogen (secondary N) is 1. The van der Waals surface area contributed by atoms with Gasteiger partial charge in [-0.3, -0.25) is 0 Å². The van der Waals surface area contributed by atoms with Gasteiger partial charge >= 0.3 is 5.69 Å². The summed E-state index contributed by atoms with van der Waals surface area (Å²) in [5, 5.41) is 8.59. The van der Waals surface area contributed by atoms with Crippen LogP contribution in [0.2, 0.25) is 0 Å². The third-order valence-corrected chi connectivity index (χ3v) is 1.49. The highest BCUT2D eigenvalue weighted by atomic mass is 16.3. The first kappa shape index (κ1) is 7.94. The lowest BCUT2D eigenvalue weighted by Gasteiger charge is -1.99. The molecule has 4 nitrogen and oxygen atoms in total. The number of aromatic nitrogens is 2. The Kier molecular flexibility index (Phi) is 2.38. The fourth-order valence-electron chi connectivity index (χ4n) is 0.879. The van der Waals surface area contributed by atoms with Gasteiger partial charge in [-0.25, -0.2) is 9.78 Å². The van der Waals surface area contributed by atoms with E-state index < -0.39 is 0 Å². The smallest absolute Gasteiger partial charge is 0.345 e. The molecule has 0 saturated heterocycles. The van der Waals surface area contributed by atoms with Crippen molar-refractivity contribution in [3.05, 3.63) is 27.9 Å². The number of aryl methyl sites for hydroxylation is 1. The van der Waals surface area contributed by atoms with E-state index >= 15 is 0 Å². The minimum Gasteiger partial charge on any atom is -0.396 e. The second-order valence-corrected chi connectivity index (χ2v) is 2.31. The Bertz CT molecular complexity index is 293. The first-order chi connectivity index (χ1) is 5.24. The van der Waals surface area contributed by atoms with Crippen molar-refractivity contribution >= 4 is 0 Å². The highest BCUT2D eigenvalue weighted by Gasteiger charge is 1.97. The Morgan fingerprint density at radius 2 is 2.45 bits per heavy atom. The normalized spacial score (nSPS) is 10.0. The summed E-state index contributed by atoms with van der Waals surface area (Å²) < 4.78 is 0. The molecule has 1 aromatic rings. The van der Waals surface area contributed by atoms with Gasteiger partial charge in [0.15, 0.2) is 0 Å². The minimum atomic E-state index is -0.343. The number of hydrogen-bond acceptors (Lipinski definition) is 3. The maximum atomic E-state index is 10.6. The van der Waals surface area contributed by atoms with Crippen molar-refractivity contribution in [2.24, 2.45) is 0 Å². The van der Waals surface area contributed by atoms with Crippen LogP contribution < -0.4 is 5.69 Å². The molecule has 1 heterocycles. The summed E-state index contributed by atoms with van der Waals surface area (Å²) in [7, 11) is 0. The van der Waals surface area contributed by atoms with Crippen LogP contribution in [-0.4, -0.2) is 21.7 Å². The van der Waals surface area contributed by atoms with Crippen molar-refractivity contribution < 1.29 is 5.11 Å². The molecule has 1 rings (SSSR count). The van der Waals surface area contributed by atoms with Gasteiger partial charge in [0.05, 0.1) is 0 Å². The quantitative estimate of drug-likeness (QED) is 0.609. The van der Waals surface area contributed by atoms with Crippen LogP contribution in [0.15, 0.2) is 11.0 Å². The predicted molar refractivity (Wildman–Crippen MR) is 40.4 cm³/mol. The van der Waals surface area contributed by atoms with Gasteiger partial charge in [0.2, 0.25) is 0 Å². The molecule has 0 unspecified atom stereocenters. The van der Waals surface area contributed by atoms with Gasteiger partial charge in [-0.05, 0) is 18.9 Å². The molecular weight excluding hydrogens is 144 g/mol. The van der Waals surface area contributed by atoms with Gasteiger partial charge in [-0.15, -0.1) is 0 Å². The van der Waals surface area contributed by atoms with E-state index in [2.05, 4.69) is 9.97 Å². The molecule has 0 atom stereocenters. The molecule has 4 heteroatoms. The van der Waals surface area contributed by atoms with E-state index in [0.29, 0.717) is 6.42 Å². The summed E-state index contributed by atoms with van der Waals surface area (Å²) in [5.74, 6) is 0. The Labute approximate surface area is 63.9 Å². The molecule has 0 radical (unpaired) electrons. The van der Waals surface area contributed by atoms with Crippen molar-refractivity contribution in [1.82, 2.24) is 9.97 Å². The van der Waals surface area contributed by atoms with Crippen molar-refractivity contribution in [3.63, 3.8) is 0 Å². The van der Waals surface area contributed by atoms with E-state index in [0.717, 1.165) is 11.3 Å². The molecule has 60 valence electrons. The van der Waals surface area contributed by atoms with Crippen LogP contribution in [-0.2, 0) is 6.42 Å². The molecule has 0 spiro atoms. The second kappa shape index (κ2) is 3.30. The first-order valence-electron chi connectivity index (χ1n) is 3.39. The van der Waals surface area contributed by atoms with Crippen LogP contribution in [0.3, 0.4) is 0 Å². The molecule has 0 aliphatic rings. The number of aliphatic hydroxyl groups excluding tert-OH is 1. The van der Waals surface area contributed by atoms with E-state index in [1.807, 2.05) is 0 Å². The summed E-state index contributed by atoms with van der Waals surface area (Å²) in [6, 6.07) is 0. The zero-order valence-electron chi connectivity index (χ0n) is 6.29. The molecule has 0 aliphatic heterocycles. The molecule has 0 amide bonds. The summed E-state index contributed by atoms with van der Waals surface area (Å²) >= 11 is 0. The zero-order chi connectivity index (χ0) is 8.27. The largest absolute Gasteiger partial charge is 0.396 e. The summed E-state index contributed by atoms with van der Waals surface area (Å²) in [6.07, 6.45) is 2.03. The lowest BCUT2D eigenvalue weighted by Crippen LogP contribution is -2.13. The summed E-state index contributed by atoms with van der Waals surface area (Å²) in [5.41, 5.74) is 1.32. The fraction of sp³-hybridized carbons (Fsp3) is 0.429. The van der Waals surface area contributed by atoms with Crippen molar-refractivity contribution in [2.75, 3.05) is 6.61 Å². The number of H-pyrrole nitrogens is 1. The van der Waals surface area contributed by atoms with Crippen LogP contribution in [0.4, 0.5) is 0 Å². The minimum absolute atomic E-state index is 0.0779. The lowest BCUT2D eigenvalue weighted by atomic mass is 10.2. The molecule has 0 aliphatic carbocycles. The maximum absolute atomic E-state index is 10.6. The van der Waals surface area contributed by atoms with Gasteiger partial charge in [0.25, 0.3) is 0 Å². The average molecular weight is 154 g/mol. The predicted octanol–water partition coefficient (Wildman–Crippen LogP) is -0.387. The molecule has 1 aromatic heterocycles. The first-order valence-corrected chi connectivity index (χ1v) is 3.39. The van der Waals surface area contributed by atoms with E-state index in [4.69, 9.17) is 5.11 Å². The monoisotopic (exact) mass is 154 g/mol. The lowest BCUT2D eigenvalue weighted by molar-refractivity contribution is 0.299. The fourth-order valence-corrected chi connectivity index (χ4v) is 0.879. The van der Waals surface area contributed by atoms with Gasteiger partial charge in [0.1, 0.15) is 0 Å². The van der Waals surface area contributed by atoms with Crippen molar-refractivity contribution in [2.45, 2.75) is 13.3 Å². The molecule has 11 heavy (non-hydrogen) atoms. The topological polar surface area (TPSA) is 66.0 Å². The Morgan fingerprint density at radius 1 is 1.73 bits per heavy atom. The second-order valence-electron chi connectivity index (χ2n) is 2.31. The van der Waals surface area contributed by atoms with Crippen LogP contribution in [0, 0.1) is 6.92 Å². The third kappa shape index (κ3) is 1.88. The molecule has 2 N–H and O–H groups in total. The SMILES string of the molecule is Cc1[nH]c(=O)ncc1CCO. The Hall–Kier alpha value is -1.16. The molecule has 0 bridgehead atoms. The number of aliphatic hydroxyl groups is 1. The van der Waals surface area contributed by atoms with E-state index in [1.165, 1.54) is 6.20 Å². The summed E-state index contributed by atoms with van der Waals surface area (Å²) in [4.78, 5) is 16.7. The zero-order valence-corrected chi connectivity index (χ0v) is 6.29.